The molecule has 0 unspecified atom stereocenters. The van der Waals surface area contributed by atoms with Crippen LogP contribution in [0, 0.1) is 0 Å². The van der Waals surface area contributed by atoms with E-state index in [1.807, 2.05) is 30.5 Å². The Morgan fingerprint density at radius 3 is 2.86 bits per heavy atom. The summed E-state index contributed by atoms with van der Waals surface area (Å²) in [4.78, 5) is 19.0. The topological polar surface area (TPSA) is 83.8 Å². The van der Waals surface area contributed by atoms with Crippen molar-refractivity contribution in [3.63, 3.8) is 0 Å². The summed E-state index contributed by atoms with van der Waals surface area (Å²) in [6, 6.07) is 7.11. The molecule has 1 aromatic heterocycles. The Kier molecular flexibility index (Phi) is 9.93. The highest BCUT2D eigenvalue weighted by molar-refractivity contribution is 7.98. The van der Waals surface area contributed by atoms with E-state index >= 15 is 0 Å². The van der Waals surface area contributed by atoms with Gasteiger partial charge in [0.1, 0.15) is 0 Å². The van der Waals surface area contributed by atoms with E-state index in [4.69, 9.17) is 5.73 Å². The molecule has 5 nitrogen and oxygen atoms in total. The van der Waals surface area contributed by atoms with Gasteiger partial charge < -0.3 is 16.0 Å². The van der Waals surface area contributed by atoms with Gasteiger partial charge >= 0.3 is 0 Å². The number of imidazole rings is 1. The molecule has 4 N–H and O–H groups in total. The Labute approximate surface area is 146 Å². The minimum atomic E-state index is -0.474. The molecule has 122 valence electrons. The van der Waals surface area contributed by atoms with Crippen molar-refractivity contribution < 1.29 is 4.79 Å². The van der Waals surface area contributed by atoms with E-state index in [1.54, 1.807) is 24.3 Å². The van der Waals surface area contributed by atoms with Gasteiger partial charge in [0.25, 0.3) is 0 Å². The quantitative estimate of drug-likeness (QED) is 0.737. The van der Waals surface area contributed by atoms with Crippen LogP contribution in [0.5, 0.6) is 0 Å². The normalized spacial score (nSPS) is 11.0. The standard InChI is InChI=1S/C14H18N4OS.2ClH/c1-20-6-5-12(15)14(19)18-11-4-2-3-10(7-11)13-8-16-9-17-13;;/h2-4,7-9,12H,5-6,15H2,1H3,(H,16,17)(H,18,19);2*1H/t12-;;/m0../s1. The number of hydrogen-bond acceptors (Lipinski definition) is 4. The summed E-state index contributed by atoms with van der Waals surface area (Å²) in [5, 5.41) is 2.85. The molecule has 1 atom stereocenters. The van der Waals surface area contributed by atoms with Crippen molar-refractivity contribution in [2.45, 2.75) is 12.5 Å². The summed E-state index contributed by atoms with van der Waals surface area (Å²) < 4.78 is 0. The third-order valence-corrected chi connectivity index (χ3v) is 3.55. The minimum Gasteiger partial charge on any atom is -0.345 e. The second-order valence-electron chi connectivity index (χ2n) is 4.42. The number of rotatable bonds is 6. The molecule has 0 radical (unpaired) electrons. The number of aromatic nitrogens is 2. The molecule has 0 fully saturated rings. The first kappa shape index (κ1) is 20.8. The maximum atomic E-state index is 12.0. The zero-order chi connectivity index (χ0) is 14.4. The number of benzene rings is 1. The molecule has 0 saturated heterocycles. The molecule has 2 aromatic rings. The molecule has 22 heavy (non-hydrogen) atoms. The van der Waals surface area contributed by atoms with E-state index in [1.165, 1.54) is 0 Å². The third-order valence-electron chi connectivity index (χ3n) is 2.91. The van der Waals surface area contributed by atoms with Crippen molar-refractivity contribution in [3.05, 3.63) is 36.8 Å². The second-order valence-corrected chi connectivity index (χ2v) is 5.41. The number of thioether (sulfide) groups is 1. The number of carbonyl (C=O) groups is 1. The van der Waals surface area contributed by atoms with Gasteiger partial charge in [-0.3, -0.25) is 4.79 Å². The Balaban J connectivity index is 0.00000220. The van der Waals surface area contributed by atoms with Crippen LogP contribution in [-0.2, 0) is 4.79 Å². The van der Waals surface area contributed by atoms with Gasteiger partial charge in [0, 0.05) is 11.3 Å². The van der Waals surface area contributed by atoms with Gasteiger partial charge in [-0.1, -0.05) is 12.1 Å². The van der Waals surface area contributed by atoms with Crippen LogP contribution < -0.4 is 11.1 Å². The van der Waals surface area contributed by atoms with Gasteiger partial charge in [0.2, 0.25) is 5.91 Å². The molecular weight excluding hydrogens is 343 g/mol. The lowest BCUT2D eigenvalue weighted by Gasteiger charge is -2.12. The van der Waals surface area contributed by atoms with E-state index in [-0.39, 0.29) is 30.7 Å². The monoisotopic (exact) mass is 362 g/mol. The highest BCUT2D eigenvalue weighted by atomic mass is 35.5. The summed E-state index contributed by atoms with van der Waals surface area (Å²) in [5.74, 6) is 0.726. The van der Waals surface area contributed by atoms with E-state index in [0.29, 0.717) is 6.42 Å². The van der Waals surface area contributed by atoms with Crippen molar-refractivity contribution in [3.8, 4) is 11.3 Å². The van der Waals surface area contributed by atoms with Crippen LogP contribution in [-0.4, -0.2) is 33.9 Å². The lowest BCUT2D eigenvalue weighted by Crippen LogP contribution is -2.36. The number of nitrogens with two attached hydrogens (primary N) is 1. The molecule has 0 spiro atoms. The number of nitrogens with one attached hydrogen (secondary N) is 2. The number of carbonyl (C=O) groups excluding carboxylic acids is 1. The molecule has 1 aromatic carbocycles. The van der Waals surface area contributed by atoms with Crippen LogP contribution in [0.2, 0.25) is 0 Å². The summed E-state index contributed by atoms with van der Waals surface area (Å²) in [7, 11) is 0. The summed E-state index contributed by atoms with van der Waals surface area (Å²) in [6.45, 7) is 0. The van der Waals surface area contributed by atoms with Crippen molar-refractivity contribution in [1.82, 2.24) is 9.97 Å². The van der Waals surface area contributed by atoms with Crippen molar-refractivity contribution in [2.75, 3.05) is 17.3 Å². The zero-order valence-electron chi connectivity index (χ0n) is 12.1. The Morgan fingerprint density at radius 1 is 1.45 bits per heavy atom. The molecule has 8 heteroatoms. The van der Waals surface area contributed by atoms with Crippen molar-refractivity contribution >= 4 is 48.2 Å². The molecule has 2 rings (SSSR count). The van der Waals surface area contributed by atoms with Crippen LogP contribution in [0.1, 0.15) is 6.42 Å². The first-order chi connectivity index (χ1) is 9.70. The first-order valence-corrected chi connectivity index (χ1v) is 7.74. The van der Waals surface area contributed by atoms with Gasteiger partial charge in [0.05, 0.1) is 24.3 Å². The summed E-state index contributed by atoms with van der Waals surface area (Å²) in [5.41, 5.74) is 8.46. The average molecular weight is 363 g/mol. The van der Waals surface area contributed by atoms with E-state index in [0.717, 1.165) is 22.7 Å². The van der Waals surface area contributed by atoms with Crippen molar-refractivity contribution in [1.29, 1.82) is 0 Å². The number of anilines is 1. The van der Waals surface area contributed by atoms with E-state index in [9.17, 15) is 4.79 Å². The molecule has 0 aliphatic heterocycles. The third kappa shape index (κ3) is 5.88. The highest BCUT2D eigenvalue weighted by Gasteiger charge is 2.13. The van der Waals surface area contributed by atoms with Crippen LogP contribution in [0.25, 0.3) is 11.3 Å². The fourth-order valence-corrected chi connectivity index (χ4v) is 2.28. The fourth-order valence-electron chi connectivity index (χ4n) is 1.79. The van der Waals surface area contributed by atoms with Gasteiger partial charge in [-0.25, -0.2) is 4.98 Å². The summed E-state index contributed by atoms with van der Waals surface area (Å²) in [6.07, 6.45) is 6.04. The van der Waals surface area contributed by atoms with Gasteiger partial charge in [-0.05, 0) is 30.6 Å². The van der Waals surface area contributed by atoms with Crippen LogP contribution in [0.3, 0.4) is 0 Å². The Bertz CT molecular complexity index is 566. The van der Waals surface area contributed by atoms with E-state index in [2.05, 4.69) is 15.3 Å². The van der Waals surface area contributed by atoms with Crippen molar-refractivity contribution in [2.24, 2.45) is 5.73 Å². The minimum absolute atomic E-state index is 0. The Morgan fingerprint density at radius 2 is 2.23 bits per heavy atom. The largest absolute Gasteiger partial charge is 0.345 e. The molecule has 0 aliphatic rings. The number of hydrogen-bond donors (Lipinski definition) is 3. The molecule has 1 heterocycles. The maximum absolute atomic E-state index is 12.0. The molecule has 0 saturated carbocycles. The van der Waals surface area contributed by atoms with Gasteiger partial charge in [0.15, 0.2) is 0 Å². The smallest absolute Gasteiger partial charge is 0.241 e. The second kappa shape index (κ2) is 10.5. The first-order valence-electron chi connectivity index (χ1n) is 6.35. The average Bonchev–Trinajstić information content (AvgIpc) is 2.99. The lowest BCUT2D eigenvalue weighted by molar-refractivity contribution is -0.117. The van der Waals surface area contributed by atoms with Gasteiger partial charge in [-0.2, -0.15) is 11.8 Å². The molecule has 1 amide bonds. The van der Waals surface area contributed by atoms with E-state index < -0.39 is 6.04 Å². The van der Waals surface area contributed by atoms with Crippen LogP contribution >= 0.6 is 36.6 Å². The number of H-pyrrole nitrogens is 1. The highest BCUT2D eigenvalue weighted by Crippen LogP contribution is 2.20. The lowest BCUT2D eigenvalue weighted by atomic mass is 10.1. The molecular formula is C14H20Cl2N4OS. The predicted octanol–water partition coefficient (Wildman–Crippen LogP) is 2.94. The van der Waals surface area contributed by atoms with Crippen LogP contribution in [0.4, 0.5) is 5.69 Å². The number of aromatic amines is 1. The number of halogens is 2. The molecule has 0 bridgehead atoms. The van der Waals surface area contributed by atoms with Crippen LogP contribution in [0.15, 0.2) is 36.8 Å². The van der Waals surface area contributed by atoms with Gasteiger partial charge in [-0.15, -0.1) is 24.8 Å². The number of amides is 1. The summed E-state index contributed by atoms with van der Waals surface area (Å²) >= 11 is 1.68. The Hall–Kier alpha value is -1.21. The molecule has 0 aliphatic carbocycles. The number of nitrogens with zero attached hydrogens (tertiary/aromatic N) is 1. The fraction of sp³-hybridized carbons (Fsp3) is 0.286. The predicted molar refractivity (Wildman–Crippen MR) is 98.1 cm³/mol. The maximum Gasteiger partial charge on any atom is 0.241 e. The SMILES string of the molecule is CSCC[C@H](N)C(=O)Nc1cccc(-c2cnc[nH]2)c1.Cl.Cl. The zero-order valence-corrected chi connectivity index (χ0v) is 14.6.